The molecule has 0 radical (unpaired) electrons. The molecule has 20 heavy (non-hydrogen) atoms. The van der Waals surface area contributed by atoms with E-state index < -0.39 is 0 Å². The number of pyridine rings is 1. The van der Waals surface area contributed by atoms with Crippen LogP contribution in [0.2, 0.25) is 10.0 Å². The molecule has 3 aromatic rings. The summed E-state index contributed by atoms with van der Waals surface area (Å²) >= 11 is 13.6. The van der Waals surface area contributed by atoms with Gasteiger partial charge < -0.3 is 5.73 Å². The Morgan fingerprint density at radius 1 is 1.00 bits per heavy atom. The number of benzene rings is 2. The van der Waals surface area contributed by atoms with Gasteiger partial charge in [-0.25, -0.2) is 0 Å². The third-order valence-electron chi connectivity index (χ3n) is 2.88. The van der Waals surface area contributed by atoms with Gasteiger partial charge >= 0.3 is 0 Å². The smallest absolute Gasteiger partial charge is 0.0942 e. The van der Waals surface area contributed by atoms with E-state index in [1.165, 1.54) is 0 Å². The standard InChI is InChI=1S/C15H10Cl2N2S/c16-11-5-4-9(8-12(11)17)20-14-6-7-19-15-10(14)2-1-3-13(15)18/h1-8H,18H2. The second kappa shape index (κ2) is 5.52. The highest BCUT2D eigenvalue weighted by Gasteiger charge is 2.07. The molecular weight excluding hydrogens is 311 g/mol. The maximum atomic E-state index is 6.05. The number of nitrogens with zero attached hydrogens (tertiary/aromatic N) is 1. The Labute approximate surface area is 130 Å². The summed E-state index contributed by atoms with van der Waals surface area (Å²) in [6.45, 7) is 0. The van der Waals surface area contributed by atoms with Crippen molar-refractivity contribution < 1.29 is 0 Å². The Bertz CT molecular complexity index is 790. The summed E-state index contributed by atoms with van der Waals surface area (Å²) in [7, 11) is 0. The van der Waals surface area contributed by atoms with Gasteiger partial charge in [-0.3, -0.25) is 4.98 Å². The van der Waals surface area contributed by atoms with Crippen LogP contribution < -0.4 is 5.73 Å². The SMILES string of the molecule is Nc1cccc2c(Sc3ccc(Cl)c(Cl)c3)ccnc12. The molecule has 0 saturated carbocycles. The number of halogens is 2. The molecular formula is C15H10Cl2N2S. The number of hydrogen-bond acceptors (Lipinski definition) is 3. The molecule has 5 heteroatoms. The van der Waals surface area contributed by atoms with Crippen LogP contribution >= 0.6 is 35.0 Å². The van der Waals surface area contributed by atoms with Crippen LogP contribution in [0.25, 0.3) is 10.9 Å². The molecule has 1 aromatic heterocycles. The summed E-state index contributed by atoms with van der Waals surface area (Å²) in [6.07, 6.45) is 1.76. The van der Waals surface area contributed by atoms with Gasteiger partial charge in [0.2, 0.25) is 0 Å². The van der Waals surface area contributed by atoms with Gasteiger partial charge in [0.15, 0.2) is 0 Å². The van der Waals surface area contributed by atoms with Gasteiger partial charge in [0.1, 0.15) is 0 Å². The fourth-order valence-corrected chi connectivity index (χ4v) is 3.26. The van der Waals surface area contributed by atoms with Crippen molar-refractivity contribution >= 4 is 51.6 Å². The van der Waals surface area contributed by atoms with Crippen molar-refractivity contribution in [2.75, 3.05) is 5.73 Å². The van der Waals surface area contributed by atoms with Crippen LogP contribution in [0, 0.1) is 0 Å². The minimum absolute atomic E-state index is 0.551. The lowest BCUT2D eigenvalue weighted by Crippen LogP contribution is -1.90. The lowest BCUT2D eigenvalue weighted by molar-refractivity contribution is 1.35. The van der Waals surface area contributed by atoms with Crippen LogP contribution in [-0.2, 0) is 0 Å². The predicted octanol–water partition coefficient (Wildman–Crippen LogP) is 5.28. The van der Waals surface area contributed by atoms with E-state index in [0.717, 1.165) is 20.7 Å². The van der Waals surface area contributed by atoms with Gasteiger partial charge in [0.25, 0.3) is 0 Å². The summed E-state index contributed by atoms with van der Waals surface area (Å²) in [5.41, 5.74) is 7.45. The van der Waals surface area contributed by atoms with E-state index in [4.69, 9.17) is 28.9 Å². The van der Waals surface area contributed by atoms with Crippen LogP contribution in [0.5, 0.6) is 0 Å². The number of nitrogen functional groups attached to an aromatic ring is 1. The van der Waals surface area contributed by atoms with E-state index in [9.17, 15) is 0 Å². The summed E-state index contributed by atoms with van der Waals surface area (Å²) < 4.78 is 0. The summed E-state index contributed by atoms with van der Waals surface area (Å²) in [6, 6.07) is 13.4. The van der Waals surface area contributed by atoms with Crippen molar-refractivity contribution in [1.29, 1.82) is 0 Å². The zero-order valence-corrected chi connectivity index (χ0v) is 12.6. The molecule has 0 fully saturated rings. The Hall–Kier alpha value is -1.42. The Balaban J connectivity index is 2.06. The van der Waals surface area contributed by atoms with Crippen molar-refractivity contribution in [2.24, 2.45) is 0 Å². The number of para-hydroxylation sites is 1. The van der Waals surface area contributed by atoms with Gasteiger partial charge in [0, 0.05) is 21.4 Å². The van der Waals surface area contributed by atoms with Crippen LogP contribution in [-0.4, -0.2) is 4.98 Å². The molecule has 0 atom stereocenters. The van der Waals surface area contributed by atoms with Crippen molar-refractivity contribution in [3.63, 3.8) is 0 Å². The maximum Gasteiger partial charge on any atom is 0.0942 e. The molecule has 2 N–H and O–H groups in total. The largest absolute Gasteiger partial charge is 0.397 e. The van der Waals surface area contributed by atoms with Crippen molar-refractivity contribution in [1.82, 2.24) is 4.98 Å². The zero-order valence-electron chi connectivity index (χ0n) is 10.3. The molecule has 0 spiro atoms. The summed E-state index contributed by atoms with van der Waals surface area (Å²) in [5, 5.41) is 2.14. The monoisotopic (exact) mass is 320 g/mol. The van der Waals surface area contributed by atoms with Gasteiger partial charge in [-0.1, -0.05) is 47.1 Å². The Morgan fingerprint density at radius 3 is 2.65 bits per heavy atom. The topological polar surface area (TPSA) is 38.9 Å². The Morgan fingerprint density at radius 2 is 1.85 bits per heavy atom. The molecule has 2 aromatic carbocycles. The molecule has 0 saturated heterocycles. The first kappa shape index (κ1) is 13.6. The fraction of sp³-hybridized carbons (Fsp3) is 0. The quantitative estimate of drug-likeness (QED) is 0.653. The number of aromatic nitrogens is 1. The molecule has 0 aliphatic rings. The first-order chi connectivity index (χ1) is 9.65. The second-order valence-electron chi connectivity index (χ2n) is 4.23. The van der Waals surface area contributed by atoms with Gasteiger partial charge in [-0.05, 0) is 30.3 Å². The van der Waals surface area contributed by atoms with Gasteiger partial charge in [-0.2, -0.15) is 0 Å². The van der Waals surface area contributed by atoms with E-state index in [1.807, 2.05) is 36.4 Å². The highest BCUT2D eigenvalue weighted by Crippen LogP contribution is 2.36. The highest BCUT2D eigenvalue weighted by molar-refractivity contribution is 7.99. The van der Waals surface area contributed by atoms with E-state index in [1.54, 1.807) is 24.0 Å². The normalized spacial score (nSPS) is 10.9. The molecule has 2 nitrogen and oxygen atoms in total. The lowest BCUT2D eigenvalue weighted by atomic mass is 10.2. The van der Waals surface area contributed by atoms with Gasteiger partial charge in [-0.15, -0.1) is 0 Å². The number of nitrogens with two attached hydrogens (primary N) is 1. The number of anilines is 1. The van der Waals surface area contributed by atoms with Crippen LogP contribution in [0.3, 0.4) is 0 Å². The van der Waals surface area contributed by atoms with E-state index >= 15 is 0 Å². The number of hydrogen-bond donors (Lipinski definition) is 1. The molecule has 0 aliphatic carbocycles. The second-order valence-corrected chi connectivity index (χ2v) is 6.16. The third-order valence-corrected chi connectivity index (χ3v) is 4.69. The van der Waals surface area contributed by atoms with Crippen LogP contribution in [0.4, 0.5) is 5.69 Å². The maximum absolute atomic E-state index is 6.05. The van der Waals surface area contributed by atoms with E-state index in [-0.39, 0.29) is 0 Å². The molecule has 0 amide bonds. The van der Waals surface area contributed by atoms with Crippen LogP contribution in [0.1, 0.15) is 0 Å². The zero-order chi connectivity index (χ0) is 14.1. The van der Waals surface area contributed by atoms with Crippen LogP contribution in [0.15, 0.2) is 58.5 Å². The molecule has 100 valence electrons. The molecule has 3 rings (SSSR count). The Kier molecular flexibility index (Phi) is 3.74. The number of rotatable bonds is 2. The highest BCUT2D eigenvalue weighted by atomic mass is 35.5. The summed E-state index contributed by atoms with van der Waals surface area (Å²) in [4.78, 5) is 6.44. The van der Waals surface area contributed by atoms with Crippen molar-refractivity contribution in [3.05, 3.63) is 58.7 Å². The minimum atomic E-state index is 0.551. The molecule has 0 unspecified atom stereocenters. The number of fused-ring (bicyclic) bond motifs is 1. The lowest BCUT2D eigenvalue weighted by Gasteiger charge is -2.08. The summed E-state index contributed by atoms with van der Waals surface area (Å²) in [5.74, 6) is 0. The minimum Gasteiger partial charge on any atom is -0.397 e. The average Bonchev–Trinajstić information content (AvgIpc) is 2.44. The first-order valence-electron chi connectivity index (χ1n) is 5.91. The van der Waals surface area contributed by atoms with Crippen molar-refractivity contribution in [2.45, 2.75) is 9.79 Å². The van der Waals surface area contributed by atoms with Gasteiger partial charge in [0.05, 0.1) is 21.2 Å². The molecule has 0 bridgehead atoms. The molecule has 0 aliphatic heterocycles. The van der Waals surface area contributed by atoms with Crippen molar-refractivity contribution in [3.8, 4) is 0 Å². The average molecular weight is 321 g/mol. The predicted molar refractivity (Wildman–Crippen MR) is 86.7 cm³/mol. The fourth-order valence-electron chi connectivity index (χ4n) is 1.93. The molecule has 1 heterocycles. The van der Waals surface area contributed by atoms with E-state index in [2.05, 4.69) is 4.98 Å². The first-order valence-corrected chi connectivity index (χ1v) is 7.48. The van der Waals surface area contributed by atoms with E-state index in [0.29, 0.717) is 15.7 Å². The third kappa shape index (κ3) is 2.57.